The third-order valence-electron chi connectivity index (χ3n) is 9.33. The Labute approximate surface area is 277 Å². The Morgan fingerprint density at radius 2 is 1.36 bits per heavy atom. The minimum absolute atomic E-state index is 0.0431. The molecule has 0 aliphatic rings. The van der Waals surface area contributed by atoms with Gasteiger partial charge < -0.3 is 4.74 Å². The summed E-state index contributed by atoms with van der Waals surface area (Å²) in [5.74, 6) is 2.44. The van der Waals surface area contributed by atoms with E-state index in [0.29, 0.717) is 0 Å². The number of benzene rings is 4. The van der Waals surface area contributed by atoms with Crippen LogP contribution in [0.1, 0.15) is 54.2 Å². The van der Waals surface area contributed by atoms with Gasteiger partial charge in [0.15, 0.2) is 0 Å². The van der Waals surface area contributed by atoms with E-state index < -0.39 is 0 Å². The van der Waals surface area contributed by atoms with Gasteiger partial charge in [0.2, 0.25) is 0 Å². The highest BCUT2D eigenvalue weighted by atomic mass is 16.5. The smallest absolute Gasteiger partial charge is 0.137 e. The number of hydrogen-bond donors (Lipinski definition) is 0. The Morgan fingerprint density at radius 3 is 2.13 bits per heavy atom. The standard InChI is InChI=1S/C43H41N3O/c1-26-12-15-35(28(3)18-26)37-23-39(44-25-30(37)5)31-10-9-11-33(20-31)47-34-14-16-36-38-21-32(43(6,7)8)13-17-40(38)46(41(36)22-34)42-19-27(2)29(4)24-45-42/h9-25H,1-8H3. The lowest BCUT2D eigenvalue weighted by Gasteiger charge is -2.19. The third-order valence-corrected chi connectivity index (χ3v) is 9.33. The Hall–Kier alpha value is -5.22. The number of nitrogens with zero attached hydrogens (tertiary/aromatic N) is 3. The SMILES string of the molecule is Cc1ccc(-c2cc(-c3cccc(Oc4ccc5c6cc(C(C)(C)C)ccc6n(-c6cc(C)c(C)cn6)c5c4)c3)ncc2C)c(C)c1. The maximum absolute atomic E-state index is 6.57. The molecule has 0 aliphatic carbocycles. The van der Waals surface area contributed by atoms with E-state index in [2.05, 4.69) is 139 Å². The molecule has 0 saturated heterocycles. The third kappa shape index (κ3) is 5.69. The minimum atomic E-state index is 0.0431. The molecular formula is C43H41N3O. The van der Waals surface area contributed by atoms with Gasteiger partial charge in [-0.15, -0.1) is 0 Å². The highest BCUT2D eigenvalue weighted by Crippen LogP contribution is 2.38. The molecule has 4 aromatic carbocycles. The molecule has 0 unspecified atom stereocenters. The molecule has 0 amide bonds. The topological polar surface area (TPSA) is 39.9 Å². The number of pyridine rings is 2. The zero-order chi connectivity index (χ0) is 33.0. The summed E-state index contributed by atoms with van der Waals surface area (Å²) in [4.78, 5) is 9.68. The van der Waals surface area contributed by atoms with E-state index in [1.54, 1.807) is 0 Å². The fourth-order valence-electron chi connectivity index (χ4n) is 6.45. The van der Waals surface area contributed by atoms with Crippen LogP contribution in [0.25, 0.3) is 50.0 Å². The van der Waals surface area contributed by atoms with Crippen molar-refractivity contribution in [2.45, 2.75) is 60.8 Å². The normalized spacial score (nSPS) is 11.8. The number of ether oxygens (including phenoxy) is 1. The monoisotopic (exact) mass is 615 g/mol. The lowest BCUT2D eigenvalue weighted by atomic mass is 9.86. The van der Waals surface area contributed by atoms with Gasteiger partial charge in [-0.1, -0.05) is 62.7 Å². The van der Waals surface area contributed by atoms with Crippen LogP contribution in [0, 0.1) is 34.6 Å². The zero-order valence-corrected chi connectivity index (χ0v) is 28.6. The summed E-state index contributed by atoms with van der Waals surface area (Å²) in [5, 5.41) is 2.39. The minimum Gasteiger partial charge on any atom is -0.457 e. The van der Waals surface area contributed by atoms with Gasteiger partial charge in [-0.25, -0.2) is 4.98 Å². The van der Waals surface area contributed by atoms with E-state index in [1.165, 1.54) is 49.7 Å². The molecule has 3 aromatic heterocycles. The fourth-order valence-corrected chi connectivity index (χ4v) is 6.45. The summed E-state index contributed by atoms with van der Waals surface area (Å²) in [6, 6.07) is 32.4. The molecule has 0 N–H and O–H groups in total. The van der Waals surface area contributed by atoms with E-state index in [4.69, 9.17) is 14.7 Å². The van der Waals surface area contributed by atoms with E-state index in [0.717, 1.165) is 45.2 Å². The van der Waals surface area contributed by atoms with Crippen LogP contribution in [0.4, 0.5) is 0 Å². The van der Waals surface area contributed by atoms with Crippen LogP contribution in [0.15, 0.2) is 103 Å². The quantitative estimate of drug-likeness (QED) is 0.193. The van der Waals surface area contributed by atoms with Crippen molar-refractivity contribution in [3.8, 4) is 39.7 Å². The molecule has 0 aliphatic heterocycles. The van der Waals surface area contributed by atoms with Gasteiger partial charge in [-0.3, -0.25) is 9.55 Å². The van der Waals surface area contributed by atoms with Crippen molar-refractivity contribution in [3.05, 3.63) is 137 Å². The van der Waals surface area contributed by atoms with Crippen molar-refractivity contribution in [2.24, 2.45) is 0 Å². The average molecular weight is 616 g/mol. The summed E-state index contributed by atoms with van der Waals surface area (Å²) in [5.41, 5.74) is 14.0. The Bertz CT molecular complexity index is 2320. The zero-order valence-electron chi connectivity index (χ0n) is 28.6. The van der Waals surface area contributed by atoms with E-state index in [9.17, 15) is 0 Å². The molecule has 0 radical (unpaired) electrons. The molecule has 4 nitrogen and oxygen atoms in total. The summed E-state index contributed by atoms with van der Waals surface area (Å²) in [7, 11) is 0. The molecular weight excluding hydrogens is 574 g/mol. The van der Waals surface area contributed by atoms with Gasteiger partial charge in [0.25, 0.3) is 0 Å². The van der Waals surface area contributed by atoms with Crippen LogP contribution in [-0.4, -0.2) is 14.5 Å². The Morgan fingerprint density at radius 1 is 0.574 bits per heavy atom. The molecule has 0 fully saturated rings. The van der Waals surface area contributed by atoms with Crippen molar-refractivity contribution in [2.75, 3.05) is 0 Å². The van der Waals surface area contributed by atoms with Crippen LogP contribution in [0.3, 0.4) is 0 Å². The molecule has 0 saturated carbocycles. The van der Waals surface area contributed by atoms with E-state index in [-0.39, 0.29) is 5.41 Å². The van der Waals surface area contributed by atoms with Gasteiger partial charge in [0.1, 0.15) is 17.3 Å². The van der Waals surface area contributed by atoms with E-state index in [1.807, 2.05) is 24.5 Å². The molecule has 3 heterocycles. The Balaban J connectivity index is 1.30. The molecule has 234 valence electrons. The fraction of sp³-hybridized carbons (Fsp3) is 0.209. The lowest BCUT2D eigenvalue weighted by Crippen LogP contribution is -2.10. The second-order valence-corrected chi connectivity index (χ2v) is 14.0. The molecule has 0 spiro atoms. The van der Waals surface area contributed by atoms with Crippen LogP contribution < -0.4 is 4.74 Å². The largest absolute Gasteiger partial charge is 0.457 e. The maximum atomic E-state index is 6.57. The summed E-state index contributed by atoms with van der Waals surface area (Å²) in [6.45, 7) is 17.4. The first kappa shape index (κ1) is 30.4. The second kappa shape index (κ2) is 11.5. The van der Waals surface area contributed by atoms with Crippen molar-refractivity contribution in [1.82, 2.24) is 14.5 Å². The first-order valence-corrected chi connectivity index (χ1v) is 16.3. The molecule has 4 heteroatoms. The Kier molecular flexibility index (Phi) is 7.47. The van der Waals surface area contributed by atoms with Crippen molar-refractivity contribution in [3.63, 3.8) is 0 Å². The molecule has 7 rings (SSSR count). The second-order valence-electron chi connectivity index (χ2n) is 14.0. The number of fused-ring (bicyclic) bond motifs is 3. The summed E-state index contributed by atoms with van der Waals surface area (Å²) >= 11 is 0. The van der Waals surface area contributed by atoms with Crippen molar-refractivity contribution >= 4 is 21.8 Å². The van der Waals surface area contributed by atoms with Gasteiger partial charge in [0.05, 0.1) is 16.7 Å². The predicted octanol–water partition coefficient (Wildman–Crippen LogP) is 11.5. The van der Waals surface area contributed by atoms with Crippen LogP contribution in [0.2, 0.25) is 0 Å². The van der Waals surface area contributed by atoms with Crippen molar-refractivity contribution in [1.29, 1.82) is 0 Å². The molecule has 47 heavy (non-hydrogen) atoms. The van der Waals surface area contributed by atoms with Gasteiger partial charge in [0, 0.05) is 34.8 Å². The summed E-state index contributed by atoms with van der Waals surface area (Å²) in [6.07, 6.45) is 3.93. The molecule has 0 bridgehead atoms. The molecule has 0 atom stereocenters. The van der Waals surface area contributed by atoms with Gasteiger partial charge >= 0.3 is 0 Å². The average Bonchev–Trinajstić information content (AvgIpc) is 3.35. The number of aryl methyl sites for hydroxylation is 5. The predicted molar refractivity (Wildman–Crippen MR) is 196 cm³/mol. The van der Waals surface area contributed by atoms with Crippen LogP contribution in [0.5, 0.6) is 11.5 Å². The van der Waals surface area contributed by atoms with Crippen LogP contribution in [-0.2, 0) is 5.41 Å². The maximum Gasteiger partial charge on any atom is 0.137 e. The van der Waals surface area contributed by atoms with Gasteiger partial charge in [-0.05, 0) is 128 Å². The van der Waals surface area contributed by atoms with E-state index >= 15 is 0 Å². The summed E-state index contributed by atoms with van der Waals surface area (Å²) < 4.78 is 8.83. The number of rotatable bonds is 5. The highest BCUT2D eigenvalue weighted by Gasteiger charge is 2.19. The highest BCUT2D eigenvalue weighted by molar-refractivity contribution is 6.09. The number of hydrogen-bond acceptors (Lipinski definition) is 3. The number of aromatic nitrogens is 3. The lowest BCUT2D eigenvalue weighted by molar-refractivity contribution is 0.483. The molecule has 7 aromatic rings. The van der Waals surface area contributed by atoms with Crippen molar-refractivity contribution < 1.29 is 4.74 Å². The van der Waals surface area contributed by atoms with Crippen LogP contribution >= 0.6 is 0 Å². The van der Waals surface area contributed by atoms with Gasteiger partial charge in [-0.2, -0.15) is 0 Å². The first-order chi connectivity index (χ1) is 22.5. The first-order valence-electron chi connectivity index (χ1n) is 16.3.